The number of amides is 2. The zero-order valence-corrected chi connectivity index (χ0v) is 18.6. The van der Waals surface area contributed by atoms with E-state index in [1.54, 1.807) is 24.3 Å². The summed E-state index contributed by atoms with van der Waals surface area (Å²) in [4.78, 5) is 28.8. The quantitative estimate of drug-likeness (QED) is 0.418. The van der Waals surface area contributed by atoms with Crippen LogP contribution in [0.2, 0.25) is 0 Å². The zero-order valence-electron chi connectivity index (χ0n) is 18.6. The Bertz CT molecular complexity index is 1360. The number of nitrogens with zero attached hydrogens (tertiary/aromatic N) is 1. The molecule has 1 heterocycles. The standard InChI is InChI=1S/C26H22FN3O4/c1-28-26(32)19-14-18-21(15-24(19)33-2)29-11-10-22(18)34-23-9-8-17(13-20(23)27)30-25(31)12-16-6-4-3-5-7-16/h3-11,13-15H,12H2,1-2H3,(H,28,32)(H,30,31). The van der Waals surface area contributed by atoms with Crippen molar-refractivity contribution in [1.29, 1.82) is 0 Å². The van der Waals surface area contributed by atoms with E-state index in [1.165, 1.54) is 32.5 Å². The summed E-state index contributed by atoms with van der Waals surface area (Å²) in [6, 6.07) is 18.3. The molecule has 0 aliphatic rings. The third kappa shape index (κ3) is 4.96. The topological polar surface area (TPSA) is 89.6 Å². The molecule has 1 aromatic heterocycles. The largest absolute Gasteiger partial charge is 0.496 e. The van der Waals surface area contributed by atoms with Crippen molar-refractivity contribution in [2.75, 3.05) is 19.5 Å². The number of rotatable bonds is 7. The van der Waals surface area contributed by atoms with E-state index in [0.29, 0.717) is 33.7 Å². The summed E-state index contributed by atoms with van der Waals surface area (Å²) in [5, 5.41) is 5.76. The summed E-state index contributed by atoms with van der Waals surface area (Å²) in [6.45, 7) is 0. The number of aromatic nitrogens is 1. The van der Waals surface area contributed by atoms with Gasteiger partial charge < -0.3 is 20.1 Å². The number of pyridine rings is 1. The van der Waals surface area contributed by atoms with Crippen LogP contribution in [-0.4, -0.2) is 31.0 Å². The number of fused-ring (bicyclic) bond motifs is 1. The van der Waals surface area contributed by atoms with Crippen molar-refractivity contribution in [3.8, 4) is 17.2 Å². The van der Waals surface area contributed by atoms with Gasteiger partial charge in [-0.2, -0.15) is 0 Å². The van der Waals surface area contributed by atoms with Crippen LogP contribution in [0.5, 0.6) is 17.2 Å². The van der Waals surface area contributed by atoms with E-state index in [-0.39, 0.29) is 24.0 Å². The predicted molar refractivity (Wildman–Crippen MR) is 127 cm³/mol. The van der Waals surface area contributed by atoms with Crippen molar-refractivity contribution >= 4 is 28.4 Å². The van der Waals surface area contributed by atoms with Crippen molar-refractivity contribution in [2.45, 2.75) is 6.42 Å². The summed E-state index contributed by atoms with van der Waals surface area (Å²) in [5.74, 6) is -0.602. The molecular formula is C26H22FN3O4. The molecule has 4 rings (SSSR count). The van der Waals surface area contributed by atoms with Gasteiger partial charge in [0.05, 0.1) is 24.6 Å². The first-order valence-electron chi connectivity index (χ1n) is 10.5. The number of ether oxygens (including phenoxy) is 2. The van der Waals surface area contributed by atoms with Crippen molar-refractivity contribution in [3.63, 3.8) is 0 Å². The van der Waals surface area contributed by atoms with Crippen LogP contribution in [0.1, 0.15) is 15.9 Å². The van der Waals surface area contributed by atoms with Gasteiger partial charge >= 0.3 is 0 Å². The maximum atomic E-state index is 14.8. The summed E-state index contributed by atoms with van der Waals surface area (Å²) >= 11 is 0. The molecule has 0 radical (unpaired) electrons. The lowest BCUT2D eigenvalue weighted by molar-refractivity contribution is -0.115. The summed E-state index contributed by atoms with van der Waals surface area (Å²) in [6.07, 6.45) is 1.70. The maximum absolute atomic E-state index is 14.8. The molecule has 0 atom stereocenters. The predicted octanol–water partition coefficient (Wildman–Crippen LogP) is 4.72. The van der Waals surface area contributed by atoms with Crippen LogP contribution in [-0.2, 0) is 11.2 Å². The van der Waals surface area contributed by atoms with E-state index in [9.17, 15) is 14.0 Å². The van der Waals surface area contributed by atoms with Gasteiger partial charge in [0.15, 0.2) is 11.6 Å². The third-order valence-corrected chi connectivity index (χ3v) is 5.14. The van der Waals surface area contributed by atoms with Gasteiger partial charge in [0.25, 0.3) is 5.91 Å². The molecule has 172 valence electrons. The first kappa shape index (κ1) is 22.7. The summed E-state index contributed by atoms with van der Waals surface area (Å²) in [5.41, 5.74) is 1.99. The highest BCUT2D eigenvalue weighted by Crippen LogP contribution is 2.34. The Morgan fingerprint density at radius 2 is 1.76 bits per heavy atom. The molecule has 0 saturated heterocycles. The molecule has 0 bridgehead atoms. The average molecular weight is 459 g/mol. The molecule has 34 heavy (non-hydrogen) atoms. The Morgan fingerprint density at radius 1 is 0.971 bits per heavy atom. The molecule has 0 aliphatic carbocycles. The lowest BCUT2D eigenvalue weighted by atomic mass is 10.1. The molecule has 8 heteroatoms. The van der Waals surface area contributed by atoms with Crippen LogP contribution in [0.4, 0.5) is 10.1 Å². The monoisotopic (exact) mass is 459 g/mol. The normalized spacial score (nSPS) is 10.6. The highest BCUT2D eigenvalue weighted by molar-refractivity contribution is 6.02. The lowest BCUT2D eigenvalue weighted by Crippen LogP contribution is -2.18. The molecular weight excluding hydrogens is 437 g/mol. The second-order valence-corrected chi connectivity index (χ2v) is 7.42. The SMILES string of the molecule is CNC(=O)c1cc2c(Oc3ccc(NC(=O)Cc4ccccc4)cc3F)ccnc2cc1OC. The zero-order chi connectivity index (χ0) is 24.1. The van der Waals surface area contributed by atoms with Gasteiger partial charge in [-0.05, 0) is 29.8 Å². The molecule has 0 fully saturated rings. The highest BCUT2D eigenvalue weighted by Gasteiger charge is 2.16. The van der Waals surface area contributed by atoms with Gasteiger partial charge in [-0.15, -0.1) is 0 Å². The van der Waals surface area contributed by atoms with Crippen LogP contribution in [0, 0.1) is 5.82 Å². The first-order valence-corrected chi connectivity index (χ1v) is 10.5. The van der Waals surface area contributed by atoms with Crippen molar-refractivity contribution in [2.24, 2.45) is 0 Å². The Kier molecular flexibility index (Phi) is 6.68. The van der Waals surface area contributed by atoms with Crippen LogP contribution in [0.3, 0.4) is 0 Å². The number of carbonyl (C=O) groups excluding carboxylic acids is 2. The maximum Gasteiger partial charge on any atom is 0.254 e. The van der Waals surface area contributed by atoms with Crippen LogP contribution in [0.25, 0.3) is 10.9 Å². The minimum Gasteiger partial charge on any atom is -0.496 e. The molecule has 0 aliphatic heterocycles. The number of nitrogens with one attached hydrogen (secondary N) is 2. The minimum atomic E-state index is -0.650. The lowest BCUT2D eigenvalue weighted by Gasteiger charge is -2.13. The number of anilines is 1. The van der Waals surface area contributed by atoms with E-state index in [0.717, 1.165) is 5.56 Å². The van der Waals surface area contributed by atoms with E-state index < -0.39 is 5.82 Å². The summed E-state index contributed by atoms with van der Waals surface area (Å²) in [7, 11) is 2.98. The second-order valence-electron chi connectivity index (χ2n) is 7.42. The number of methoxy groups -OCH3 is 1. The molecule has 2 N–H and O–H groups in total. The van der Waals surface area contributed by atoms with Gasteiger partial charge in [0, 0.05) is 36.5 Å². The molecule has 0 saturated carbocycles. The Labute approximate surface area is 195 Å². The molecule has 0 unspecified atom stereocenters. The van der Waals surface area contributed by atoms with Gasteiger partial charge in [-0.3, -0.25) is 14.6 Å². The second kappa shape index (κ2) is 9.99. The fraction of sp³-hybridized carbons (Fsp3) is 0.115. The highest BCUT2D eigenvalue weighted by atomic mass is 19.1. The molecule has 2 amide bonds. The first-order chi connectivity index (χ1) is 16.5. The Balaban J connectivity index is 1.57. The molecule has 3 aromatic carbocycles. The number of carbonyl (C=O) groups is 2. The van der Waals surface area contributed by atoms with Crippen LogP contribution < -0.4 is 20.1 Å². The van der Waals surface area contributed by atoms with Crippen molar-refractivity contribution in [1.82, 2.24) is 10.3 Å². The number of hydrogen-bond donors (Lipinski definition) is 2. The van der Waals surface area contributed by atoms with Gasteiger partial charge in [0.1, 0.15) is 11.5 Å². The number of hydrogen-bond acceptors (Lipinski definition) is 5. The van der Waals surface area contributed by atoms with Crippen LogP contribution >= 0.6 is 0 Å². The average Bonchev–Trinajstić information content (AvgIpc) is 2.85. The molecule has 4 aromatic rings. The number of benzene rings is 3. The molecule has 0 spiro atoms. The van der Waals surface area contributed by atoms with E-state index >= 15 is 0 Å². The Morgan fingerprint density at radius 3 is 2.47 bits per heavy atom. The minimum absolute atomic E-state index is 0.0362. The van der Waals surface area contributed by atoms with E-state index in [4.69, 9.17) is 9.47 Å². The van der Waals surface area contributed by atoms with Gasteiger partial charge in [0.2, 0.25) is 5.91 Å². The van der Waals surface area contributed by atoms with Crippen molar-refractivity contribution in [3.05, 3.63) is 89.9 Å². The van der Waals surface area contributed by atoms with E-state index in [2.05, 4.69) is 15.6 Å². The van der Waals surface area contributed by atoms with Gasteiger partial charge in [-0.1, -0.05) is 30.3 Å². The smallest absolute Gasteiger partial charge is 0.254 e. The molecule has 7 nitrogen and oxygen atoms in total. The number of halogens is 1. The van der Waals surface area contributed by atoms with Crippen LogP contribution in [0.15, 0.2) is 72.9 Å². The third-order valence-electron chi connectivity index (χ3n) is 5.14. The van der Waals surface area contributed by atoms with Crippen molar-refractivity contribution < 1.29 is 23.5 Å². The Hall–Kier alpha value is -4.46. The fourth-order valence-electron chi connectivity index (χ4n) is 3.48. The van der Waals surface area contributed by atoms with E-state index in [1.807, 2.05) is 30.3 Å². The summed E-state index contributed by atoms with van der Waals surface area (Å²) < 4.78 is 25.9. The fourth-order valence-corrected chi connectivity index (χ4v) is 3.48. The van der Waals surface area contributed by atoms with Gasteiger partial charge in [-0.25, -0.2) is 4.39 Å².